The number of aryl methyl sites for hydroxylation is 2. The van der Waals surface area contributed by atoms with Crippen LogP contribution in [0.4, 0.5) is 5.82 Å². The van der Waals surface area contributed by atoms with E-state index in [0.29, 0.717) is 36.5 Å². The van der Waals surface area contributed by atoms with Crippen molar-refractivity contribution in [2.45, 2.75) is 13.3 Å². The van der Waals surface area contributed by atoms with Crippen molar-refractivity contribution in [3.05, 3.63) is 75.8 Å². The number of Topliss-reactive ketones (excluding diaryl/α,β-unsaturated/α-hetero) is 1. The quantitative estimate of drug-likeness (QED) is 0.667. The maximum Gasteiger partial charge on any atom is 0.254 e. The van der Waals surface area contributed by atoms with Crippen LogP contribution in [0.1, 0.15) is 32.7 Å². The van der Waals surface area contributed by atoms with Crippen molar-refractivity contribution in [1.82, 2.24) is 19.2 Å². The van der Waals surface area contributed by atoms with Crippen LogP contribution in [-0.2, 0) is 7.05 Å². The number of amides is 1. The van der Waals surface area contributed by atoms with E-state index in [1.165, 1.54) is 16.8 Å². The molecule has 0 spiro atoms. The molecular weight excluding hydrogens is 382 g/mol. The van der Waals surface area contributed by atoms with Crippen molar-refractivity contribution >= 4 is 17.5 Å². The van der Waals surface area contributed by atoms with E-state index in [-0.39, 0.29) is 23.2 Å². The first-order valence-electron chi connectivity index (χ1n) is 9.76. The molecule has 1 aliphatic rings. The van der Waals surface area contributed by atoms with Crippen molar-refractivity contribution in [3.63, 3.8) is 0 Å². The minimum Gasteiger partial charge on any atom is -0.383 e. The van der Waals surface area contributed by atoms with Crippen LogP contribution >= 0.6 is 0 Å². The molecule has 1 saturated heterocycles. The summed E-state index contributed by atoms with van der Waals surface area (Å²) < 4.78 is 2.95. The van der Waals surface area contributed by atoms with Gasteiger partial charge in [0.05, 0.1) is 17.4 Å². The van der Waals surface area contributed by atoms with Crippen LogP contribution in [0.5, 0.6) is 0 Å². The predicted molar refractivity (Wildman–Crippen MR) is 113 cm³/mol. The number of rotatable bonds is 4. The van der Waals surface area contributed by atoms with Gasteiger partial charge in [0.1, 0.15) is 5.82 Å². The molecule has 154 valence electrons. The molecule has 3 aromatic rings. The number of benzene rings is 1. The molecule has 0 aliphatic carbocycles. The average Bonchev–Trinajstić information content (AvgIpc) is 3.37. The number of hydrogen-bond donors (Lipinski definition) is 1. The third kappa shape index (κ3) is 3.52. The summed E-state index contributed by atoms with van der Waals surface area (Å²) in [7, 11) is 1.63. The van der Waals surface area contributed by atoms with Gasteiger partial charge >= 0.3 is 0 Å². The normalized spacial score (nSPS) is 16.1. The smallest absolute Gasteiger partial charge is 0.254 e. The number of nitrogens with two attached hydrogens (primary N) is 1. The summed E-state index contributed by atoms with van der Waals surface area (Å²) in [6.45, 7) is 2.74. The third-order valence-corrected chi connectivity index (χ3v) is 5.55. The fourth-order valence-electron chi connectivity index (χ4n) is 3.68. The van der Waals surface area contributed by atoms with E-state index in [1.807, 2.05) is 31.2 Å². The van der Waals surface area contributed by atoms with Crippen LogP contribution in [0.3, 0.4) is 0 Å². The second-order valence-electron chi connectivity index (χ2n) is 7.66. The van der Waals surface area contributed by atoms with Crippen LogP contribution in [0.15, 0.2) is 53.6 Å². The lowest BCUT2D eigenvalue weighted by Crippen LogP contribution is -2.31. The fraction of sp³-hybridized carbons (Fsp3) is 0.273. The number of carbonyl (C=O) groups is 2. The van der Waals surface area contributed by atoms with Gasteiger partial charge in [-0.25, -0.2) is 4.68 Å². The molecule has 1 aromatic carbocycles. The van der Waals surface area contributed by atoms with E-state index in [4.69, 9.17) is 5.73 Å². The minimum absolute atomic E-state index is 0.120. The zero-order chi connectivity index (χ0) is 21.4. The Morgan fingerprint density at radius 1 is 1.17 bits per heavy atom. The molecule has 0 bridgehead atoms. The predicted octanol–water partition coefficient (Wildman–Crippen LogP) is 1.81. The zero-order valence-corrected chi connectivity index (χ0v) is 16.9. The Morgan fingerprint density at radius 3 is 2.60 bits per heavy atom. The second-order valence-corrected chi connectivity index (χ2v) is 7.66. The number of anilines is 1. The maximum atomic E-state index is 13.0. The van der Waals surface area contributed by atoms with Crippen LogP contribution in [0.2, 0.25) is 0 Å². The number of nitrogens with zero attached hydrogens (tertiary/aromatic N) is 4. The summed E-state index contributed by atoms with van der Waals surface area (Å²) in [5.74, 6) is -0.421. The van der Waals surface area contributed by atoms with Crippen molar-refractivity contribution in [1.29, 1.82) is 0 Å². The van der Waals surface area contributed by atoms with Crippen LogP contribution in [0, 0.1) is 12.8 Å². The Bertz CT molecular complexity index is 1180. The molecule has 0 radical (unpaired) electrons. The van der Waals surface area contributed by atoms with Gasteiger partial charge in [0, 0.05) is 43.9 Å². The van der Waals surface area contributed by atoms with Crippen LogP contribution in [0.25, 0.3) is 5.69 Å². The zero-order valence-electron chi connectivity index (χ0n) is 16.9. The van der Waals surface area contributed by atoms with E-state index in [9.17, 15) is 14.4 Å². The molecule has 30 heavy (non-hydrogen) atoms. The van der Waals surface area contributed by atoms with Crippen molar-refractivity contribution in [3.8, 4) is 5.69 Å². The Morgan fingerprint density at radius 2 is 1.90 bits per heavy atom. The molecule has 1 atom stereocenters. The monoisotopic (exact) mass is 405 g/mol. The fourth-order valence-corrected chi connectivity index (χ4v) is 3.68. The summed E-state index contributed by atoms with van der Waals surface area (Å²) in [6, 6.07) is 10.6. The lowest BCUT2D eigenvalue weighted by molar-refractivity contribution is 0.0780. The van der Waals surface area contributed by atoms with Gasteiger partial charge in [0.15, 0.2) is 5.78 Å². The summed E-state index contributed by atoms with van der Waals surface area (Å²) in [4.78, 5) is 39.2. The summed E-state index contributed by atoms with van der Waals surface area (Å²) in [5.41, 5.74) is 8.57. The van der Waals surface area contributed by atoms with E-state index in [0.717, 1.165) is 11.3 Å². The molecule has 1 fully saturated rings. The standard InChI is InChI=1S/C22H23N5O3/c1-14-3-5-17(6-4-14)27-21(23)18(12-24-27)20(29)16-8-10-26(13-16)22(30)15-7-9-25(2)19(28)11-15/h3-7,9,11-12,16H,8,10,13,23H2,1-2H3/t16-/m0/s1. The Balaban J connectivity index is 1.50. The molecule has 3 heterocycles. The number of nitrogen functional groups attached to an aromatic ring is 1. The lowest BCUT2D eigenvalue weighted by atomic mass is 9.98. The molecule has 2 aromatic heterocycles. The first-order valence-corrected chi connectivity index (χ1v) is 9.76. The molecule has 1 amide bonds. The Labute approximate surface area is 173 Å². The highest BCUT2D eigenvalue weighted by molar-refractivity contribution is 6.03. The Hall–Kier alpha value is -3.68. The van der Waals surface area contributed by atoms with E-state index >= 15 is 0 Å². The third-order valence-electron chi connectivity index (χ3n) is 5.55. The number of carbonyl (C=O) groups excluding carboxylic acids is 2. The molecule has 0 saturated carbocycles. The van der Waals surface area contributed by atoms with Crippen molar-refractivity contribution in [2.24, 2.45) is 13.0 Å². The van der Waals surface area contributed by atoms with Gasteiger partial charge in [-0.2, -0.15) is 5.10 Å². The topological polar surface area (TPSA) is 103 Å². The summed E-state index contributed by atoms with van der Waals surface area (Å²) in [6.07, 6.45) is 3.60. The largest absolute Gasteiger partial charge is 0.383 e. The van der Waals surface area contributed by atoms with E-state index in [2.05, 4.69) is 5.10 Å². The second kappa shape index (κ2) is 7.62. The van der Waals surface area contributed by atoms with Gasteiger partial charge in [-0.1, -0.05) is 17.7 Å². The van der Waals surface area contributed by atoms with Crippen LogP contribution < -0.4 is 11.3 Å². The highest BCUT2D eigenvalue weighted by atomic mass is 16.2. The molecule has 4 rings (SSSR count). The summed E-state index contributed by atoms with van der Waals surface area (Å²) >= 11 is 0. The van der Waals surface area contributed by atoms with Gasteiger partial charge in [0.2, 0.25) is 0 Å². The van der Waals surface area contributed by atoms with E-state index < -0.39 is 0 Å². The first-order chi connectivity index (χ1) is 14.3. The molecule has 2 N–H and O–H groups in total. The molecular formula is C22H23N5O3. The highest BCUT2D eigenvalue weighted by Crippen LogP contribution is 2.26. The number of hydrogen-bond acceptors (Lipinski definition) is 5. The SMILES string of the molecule is Cc1ccc(-n2ncc(C(=O)[C@H]3CCN(C(=O)c4ccn(C)c(=O)c4)C3)c2N)cc1. The Kier molecular flexibility index (Phi) is 4.99. The van der Waals surface area contributed by atoms with E-state index in [1.54, 1.807) is 28.9 Å². The number of pyridine rings is 1. The number of aromatic nitrogens is 3. The van der Waals surface area contributed by atoms with Gasteiger partial charge in [-0.15, -0.1) is 0 Å². The maximum absolute atomic E-state index is 13.0. The van der Waals surface area contributed by atoms with Crippen LogP contribution in [-0.4, -0.2) is 44.0 Å². The van der Waals surface area contributed by atoms with Gasteiger partial charge in [0.25, 0.3) is 11.5 Å². The molecule has 8 nitrogen and oxygen atoms in total. The number of ketones is 1. The first kappa shape index (κ1) is 19.6. The average molecular weight is 405 g/mol. The minimum atomic E-state index is -0.349. The van der Waals surface area contributed by atoms with Gasteiger partial charge in [-0.3, -0.25) is 14.4 Å². The summed E-state index contributed by atoms with van der Waals surface area (Å²) in [5, 5.41) is 4.28. The van der Waals surface area contributed by atoms with Gasteiger partial charge < -0.3 is 15.2 Å². The molecule has 1 aliphatic heterocycles. The lowest BCUT2D eigenvalue weighted by Gasteiger charge is -2.16. The van der Waals surface area contributed by atoms with Crippen molar-refractivity contribution in [2.75, 3.05) is 18.8 Å². The molecule has 0 unspecified atom stereocenters. The van der Waals surface area contributed by atoms with Gasteiger partial charge in [-0.05, 0) is 31.5 Å². The molecule has 8 heteroatoms. The number of likely N-dealkylation sites (tertiary alicyclic amines) is 1. The van der Waals surface area contributed by atoms with Crippen molar-refractivity contribution < 1.29 is 9.59 Å². The highest BCUT2D eigenvalue weighted by Gasteiger charge is 2.33.